The summed E-state index contributed by atoms with van der Waals surface area (Å²) < 4.78 is 11.2. The molecule has 218 valence electrons. The number of furan rings is 1. The Labute approximate surface area is 266 Å². The lowest BCUT2D eigenvalue weighted by Crippen LogP contribution is -1.95. The van der Waals surface area contributed by atoms with Crippen molar-refractivity contribution in [3.63, 3.8) is 0 Å². The quantitative estimate of drug-likeness (QED) is 0.183. The molecule has 0 amide bonds. The number of aryl methyl sites for hydroxylation is 1. The second kappa shape index (κ2) is 10.3. The second-order valence-electron chi connectivity index (χ2n) is 11.9. The summed E-state index contributed by atoms with van der Waals surface area (Å²) >= 11 is 0. The van der Waals surface area contributed by atoms with Crippen LogP contribution in [-0.4, -0.2) is 9.13 Å². The number of aromatic nitrogens is 2. The Balaban J connectivity index is 1.24. The molecule has 0 radical (unpaired) electrons. The van der Waals surface area contributed by atoms with Crippen LogP contribution in [0.25, 0.3) is 83.2 Å². The lowest BCUT2D eigenvalue weighted by atomic mass is 9.98. The third kappa shape index (κ3) is 3.85. The highest BCUT2D eigenvalue weighted by atomic mass is 16.3. The first kappa shape index (κ1) is 26.4. The predicted octanol–water partition coefficient (Wildman–Crippen LogP) is 11.8. The van der Waals surface area contributed by atoms with Crippen molar-refractivity contribution in [2.24, 2.45) is 0 Å². The van der Waals surface area contributed by atoms with Gasteiger partial charge in [0.2, 0.25) is 5.71 Å². The third-order valence-corrected chi connectivity index (χ3v) is 9.27. The molecule has 3 aromatic heterocycles. The largest absolute Gasteiger partial charge is 0.439 e. The summed E-state index contributed by atoms with van der Waals surface area (Å²) in [5.74, 6) is 0.853. The first-order chi connectivity index (χ1) is 22.7. The number of allylic oxidation sites excluding steroid dienone is 2. The van der Waals surface area contributed by atoms with E-state index in [4.69, 9.17) is 4.42 Å². The third-order valence-electron chi connectivity index (χ3n) is 9.27. The molecule has 0 saturated heterocycles. The second-order valence-corrected chi connectivity index (χ2v) is 11.9. The summed E-state index contributed by atoms with van der Waals surface area (Å²) in [5, 5.41) is 7.27. The maximum absolute atomic E-state index is 6.57. The zero-order chi connectivity index (χ0) is 30.8. The molecule has 0 fully saturated rings. The molecule has 0 spiro atoms. The number of hydrogen-bond acceptors (Lipinski definition) is 1. The lowest BCUT2D eigenvalue weighted by molar-refractivity contribution is 0.582. The van der Waals surface area contributed by atoms with Crippen molar-refractivity contribution in [2.75, 3.05) is 0 Å². The van der Waals surface area contributed by atoms with Gasteiger partial charge in [-0.1, -0.05) is 110 Å². The molecule has 3 heteroatoms. The molecule has 3 heterocycles. The molecule has 0 aliphatic rings. The first-order valence-corrected chi connectivity index (χ1v) is 15.6. The van der Waals surface area contributed by atoms with E-state index in [1.807, 2.05) is 12.2 Å². The predicted molar refractivity (Wildman–Crippen MR) is 194 cm³/mol. The monoisotopic (exact) mass is 590 g/mol. The molecule has 0 aliphatic carbocycles. The number of benzene rings is 6. The van der Waals surface area contributed by atoms with E-state index < -0.39 is 0 Å². The van der Waals surface area contributed by atoms with E-state index in [0.29, 0.717) is 0 Å². The van der Waals surface area contributed by atoms with Crippen LogP contribution in [0, 0.1) is 6.92 Å². The summed E-state index contributed by atoms with van der Waals surface area (Å²) in [6, 6.07) is 48.0. The van der Waals surface area contributed by atoms with Crippen molar-refractivity contribution in [2.45, 2.75) is 6.92 Å². The van der Waals surface area contributed by atoms with Crippen molar-refractivity contribution in [1.82, 2.24) is 9.13 Å². The van der Waals surface area contributed by atoms with E-state index >= 15 is 0 Å². The average molecular weight is 591 g/mol. The van der Waals surface area contributed by atoms with E-state index in [2.05, 4.69) is 156 Å². The number of nitrogens with zero attached hydrogens (tertiary/aromatic N) is 2. The van der Waals surface area contributed by atoms with Gasteiger partial charge in [-0.3, -0.25) is 4.57 Å². The van der Waals surface area contributed by atoms with Gasteiger partial charge in [-0.2, -0.15) is 0 Å². The normalized spacial score (nSPS) is 12.0. The fraction of sp³-hybridized carbons (Fsp3) is 0.0233. The molecule has 0 unspecified atom stereocenters. The number of para-hydroxylation sites is 4. The van der Waals surface area contributed by atoms with Gasteiger partial charge in [-0.15, -0.1) is 0 Å². The van der Waals surface area contributed by atoms with Gasteiger partial charge in [-0.25, -0.2) is 0 Å². The van der Waals surface area contributed by atoms with Crippen molar-refractivity contribution < 1.29 is 4.42 Å². The van der Waals surface area contributed by atoms with Crippen LogP contribution in [0.15, 0.2) is 157 Å². The topological polar surface area (TPSA) is 23.0 Å². The molecule has 0 N–H and O–H groups in total. The Morgan fingerprint density at radius 2 is 1.28 bits per heavy atom. The zero-order valence-electron chi connectivity index (χ0n) is 25.4. The van der Waals surface area contributed by atoms with E-state index in [-0.39, 0.29) is 0 Å². The lowest BCUT2D eigenvalue weighted by Gasteiger charge is -2.13. The van der Waals surface area contributed by atoms with Crippen LogP contribution >= 0.6 is 0 Å². The Morgan fingerprint density at radius 1 is 0.609 bits per heavy atom. The van der Waals surface area contributed by atoms with Crippen molar-refractivity contribution in [3.8, 4) is 22.5 Å². The molecule has 0 saturated carbocycles. The Bertz CT molecular complexity index is 2610. The minimum absolute atomic E-state index is 0.853. The zero-order valence-corrected chi connectivity index (χ0v) is 25.4. The minimum Gasteiger partial charge on any atom is -0.439 e. The highest BCUT2D eigenvalue weighted by Crippen LogP contribution is 2.42. The smallest absolute Gasteiger partial charge is 0.213 e. The highest BCUT2D eigenvalue weighted by molar-refractivity contribution is 6.15. The molecule has 3 nitrogen and oxygen atoms in total. The van der Waals surface area contributed by atoms with Crippen LogP contribution in [0.1, 0.15) is 11.3 Å². The molecule has 6 aromatic carbocycles. The highest BCUT2D eigenvalue weighted by Gasteiger charge is 2.22. The first-order valence-electron chi connectivity index (χ1n) is 15.6. The Morgan fingerprint density at radius 3 is 2.04 bits per heavy atom. The van der Waals surface area contributed by atoms with Crippen LogP contribution < -0.4 is 0 Å². The molecular formula is C43H30N2O. The molecule has 46 heavy (non-hydrogen) atoms. The van der Waals surface area contributed by atoms with E-state index in [9.17, 15) is 0 Å². The number of rotatable bonds is 5. The maximum atomic E-state index is 6.57. The summed E-state index contributed by atoms with van der Waals surface area (Å²) in [6.07, 6.45) is 5.69. The average Bonchev–Trinajstić information content (AvgIpc) is 3.74. The number of fused-ring (bicyclic) bond motifs is 7. The van der Waals surface area contributed by atoms with Crippen molar-refractivity contribution >= 4 is 60.7 Å². The SMILES string of the molecule is C=C/C=C\c1oc2c(c1C)c1cccc(-c3ccc4cc(-n5c6ccccc6c6ccccc65)ccc4c3)c1n2-c1ccccc1. The van der Waals surface area contributed by atoms with Crippen LogP contribution in [0.5, 0.6) is 0 Å². The van der Waals surface area contributed by atoms with Gasteiger partial charge in [0.15, 0.2) is 0 Å². The van der Waals surface area contributed by atoms with Crippen LogP contribution in [0.3, 0.4) is 0 Å². The summed E-state index contributed by atoms with van der Waals surface area (Å²) in [6.45, 7) is 5.98. The fourth-order valence-corrected chi connectivity index (χ4v) is 7.19. The van der Waals surface area contributed by atoms with Crippen molar-refractivity contribution in [1.29, 1.82) is 0 Å². The summed E-state index contributed by atoms with van der Waals surface area (Å²) in [4.78, 5) is 0. The van der Waals surface area contributed by atoms with Crippen molar-refractivity contribution in [3.05, 3.63) is 164 Å². The van der Waals surface area contributed by atoms with Gasteiger partial charge in [0.25, 0.3) is 0 Å². The van der Waals surface area contributed by atoms with Crippen LogP contribution in [0.4, 0.5) is 0 Å². The van der Waals surface area contributed by atoms with Gasteiger partial charge in [0.1, 0.15) is 5.76 Å². The van der Waals surface area contributed by atoms with E-state index in [1.165, 1.54) is 49.1 Å². The number of hydrogen-bond donors (Lipinski definition) is 0. The van der Waals surface area contributed by atoms with Gasteiger partial charge in [0, 0.05) is 38.7 Å². The summed E-state index contributed by atoms with van der Waals surface area (Å²) in [5.41, 5.74) is 10.1. The Hall–Kier alpha value is -6.06. The van der Waals surface area contributed by atoms with Gasteiger partial charge in [0.05, 0.1) is 21.9 Å². The van der Waals surface area contributed by atoms with Gasteiger partial charge in [-0.05, 0) is 71.8 Å². The standard InChI is InChI=1S/C43H30N2O/c1-3-4-21-40-28(2)41-37-18-12-17-34(42(37)45(43(41)46-40)32-13-6-5-7-14-32)31-23-22-30-27-33(25-24-29(30)26-31)44-38-19-10-8-15-35(38)36-16-9-11-20-39(36)44/h3-27H,1H2,2H3/b21-4-. The van der Waals surface area contributed by atoms with Gasteiger partial charge >= 0.3 is 0 Å². The molecule has 9 aromatic rings. The molecule has 0 bridgehead atoms. The fourth-order valence-electron chi connectivity index (χ4n) is 7.19. The van der Waals surface area contributed by atoms with E-state index in [0.717, 1.165) is 39.3 Å². The minimum atomic E-state index is 0.853. The summed E-state index contributed by atoms with van der Waals surface area (Å²) in [7, 11) is 0. The van der Waals surface area contributed by atoms with Crippen LogP contribution in [-0.2, 0) is 0 Å². The van der Waals surface area contributed by atoms with Crippen LogP contribution in [0.2, 0.25) is 0 Å². The van der Waals surface area contributed by atoms with E-state index in [1.54, 1.807) is 6.08 Å². The van der Waals surface area contributed by atoms with Gasteiger partial charge < -0.3 is 8.98 Å². The molecular weight excluding hydrogens is 560 g/mol. The maximum Gasteiger partial charge on any atom is 0.213 e. The Kier molecular flexibility index (Phi) is 5.87. The molecule has 9 rings (SSSR count). The molecule has 0 aliphatic heterocycles. The molecule has 0 atom stereocenters.